The van der Waals surface area contributed by atoms with Crippen LogP contribution in [0.1, 0.15) is 6.92 Å². The lowest BCUT2D eigenvalue weighted by molar-refractivity contribution is -0.449. The number of ketones is 1. The molecule has 0 unspecified atom stereocenters. The first kappa shape index (κ1) is 39.5. The zero-order chi connectivity index (χ0) is 37.5. The van der Waals surface area contributed by atoms with Crippen LogP contribution in [-0.4, -0.2) is 65.4 Å². The molecule has 0 amide bonds. The predicted molar refractivity (Wildman–Crippen MR) is 148 cm³/mol. The van der Waals surface area contributed by atoms with Gasteiger partial charge in [0, 0.05) is 0 Å². The summed E-state index contributed by atoms with van der Waals surface area (Å²) in [6, 6.07) is 17.7. The van der Waals surface area contributed by atoms with Crippen molar-refractivity contribution in [2.24, 2.45) is 0 Å². The first-order valence-corrected chi connectivity index (χ1v) is 15.1. The Balaban J connectivity index is 2.55. The van der Waals surface area contributed by atoms with E-state index in [1.165, 1.54) is 54.6 Å². The fraction of sp³-hybridized carbons (Fsp3) is 0.300. The number of ether oxygens (including phenoxy) is 1. The molecule has 19 heteroatoms. The standard InChI is InChI=1S/C30H20F15O3P/c1-2-48-23(47)21(49(18-12-6-3-7-13-18,19-14-8-4-9-15-19)20-16-10-5-11-17-20)22(46)24(31,32)25(33,34)26(35,36)27(37,38)28(39,40)29(41,42)30(43,44)45/h3-17H,2H2,1H3. The molecule has 3 rings (SSSR count). The first-order chi connectivity index (χ1) is 22.3. The Bertz CT molecular complexity index is 1600. The molecule has 3 aromatic carbocycles. The third-order valence-corrected chi connectivity index (χ3v) is 11.3. The third kappa shape index (κ3) is 5.88. The number of hydrogen-bond acceptors (Lipinski definition) is 3. The minimum absolute atomic E-state index is 0.309. The van der Waals surface area contributed by atoms with Gasteiger partial charge < -0.3 is 4.74 Å². The molecule has 0 radical (unpaired) electrons. The van der Waals surface area contributed by atoms with Gasteiger partial charge >= 0.3 is 47.7 Å². The van der Waals surface area contributed by atoms with Gasteiger partial charge in [-0.3, -0.25) is 4.79 Å². The molecule has 3 aromatic rings. The molecule has 0 aromatic heterocycles. The van der Waals surface area contributed by atoms with Crippen LogP contribution in [-0.2, 0) is 14.3 Å². The van der Waals surface area contributed by atoms with Crippen LogP contribution < -0.4 is 15.9 Å². The summed E-state index contributed by atoms with van der Waals surface area (Å²) in [6.45, 7) is -4.52. The number of benzene rings is 3. The quantitative estimate of drug-likeness (QED) is 0.0829. The Labute approximate surface area is 266 Å². The third-order valence-electron chi connectivity index (χ3n) is 7.06. The summed E-state index contributed by atoms with van der Waals surface area (Å²) in [5, 5.41) is -3.00. The number of carbonyl (C=O) groups excluding carboxylic acids is 2. The van der Waals surface area contributed by atoms with Crippen molar-refractivity contribution in [1.29, 1.82) is 0 Å². The Kier molecular flexibility index (Phi) is 10.5. The number of Topliss-reactive ketones (excluding diaryl/α,β-unsaturated/α-hetero) is 1. The molecule has 0 saturated heterocycles. The average molecular weight is 744 g/mol. The Morgan fingerprint density at radius 3 is 1.12 bits per heavy atom. The molecule has 0 fully saturated rings. The fourth-order valence-corrected chi connectivity index (χ4v) is 8.94. The molecule has 49 heavy (non-hydrogen) atoms. The Morgan fingerprint density at radius 2 is 0.816 bits per heavy atom. The van der Waals surface area contributed by atoms with E-state index in [9.17, 15) is 57.9 Å². The number of carbonyl (C=O) groups is 2. The summed E-state index contributed by atoms with van der Waals surface area (Å²) in [5.41, 5.74) is 0. The molecule has 0 aliphatic heterocycles. The summed E-state index contributed by atoms with van der Waals surface area (Å²) in [7, 11) is 0. The minimum atomic E-state index is -8.62. The van der Waals surface area contributed by atoms with E-state index < -0.39 is 72.3 Å². The van der Waals surface area contributed by atoms with Gasteiger partial charge in [0.1, 0.15) is 5.29 Å². The van der Waals surface area contributed by atoms with Crippen molar-refractivity contribution in [2.45, 2.75) is 48.6 Å². The fourth-order valence-electron chi connectivity index (χ4n) is 4.63. The van der Waals surface area contributed by atoms with Gasteiger partial charge in [-0.15, -0.1) is 0 Å². The second-order valence-corrected chi connectivity index (χ2v) is 13.4. The molecule has 0 heterocycles. The zero-order valence-electron chi connectivity index (χ0n) is 24.2. The van der Waals surface area contributed by atoms with Gasteiger partial charge in [0.25, 0.3) is 0 Å². The smallest absolute Gasteiger partial charge is 0.460 e. The van der Waals surface area contributed by atoms with Crippen molar-refractivity contribution in [2.75, 3.05) is 6.61 Å². The van der Waals surface area contributed by atoms with Crippen LogP contribution in [0.2, 0.25) is 0 Å². The van der Waals surface area contributed by atoms with Gasteiger partial charge in [0.2, 0.25) is 5.78 Å². The van der Waals surface area contributed by atoms with Crippen molar-refractivity contribution >= 4 is 39.8 Å². The van der Waals surface area contributed by atoms with Crippen LogP contribution in [0, 0.1) is 0 Å². The van der Waals surface area contributed by atoms with Crippen molar-refractivity contribution in [3.8, 4) is 0 Å². The topological polar surface area (TPSA) is 43.4 Å². The highest BCUT2D eigenvalue weighted by atomic mass is 31.2. The predicted octanol–water partition coefficient (Wildman–Crippen LogP) is 7.66. The lowest BCUT2D eigenvalue weighted by Crippen LogP contribution is -2.73. The van der Waals surface area contributed by atoms with Gasteiger partial charge in [-0.1, -0.05) is 91.0 Å². The maximum Gasteiger partial charge on any atom is 0.460 e. The molecule has 3 nitrogen and oxygen atoms in total. The number of rotatable bonds is 12. The average Bonchev–Trinajstić information content (AvgIpc) is 3.03. The minimum Gasteiger partial charge on any atom is -0.462 e. The maximum absolute atomic E-state index is 15.7. The zero-order valence-corrected chi connectivity index (χ0v) is 25.1. The lowest BCUT2D eigenvalue weighted by atomic mass is 9.89. The van der Waals surface area contributed by atoms with Crippen LogP contribution in [0.4, 0.5) is 65.9 Å². The van der Waals surface area contributed by atoms with Gasteiger partial charge in [0.05, 0.1) is 6.61 Å². The maximum atomic E-state index is 15.7. The highest BCUT2D eigenvalue weighted by Gasteiger charge is 2.94. The summed E-state index contributed by atoms with van der Waals surface area (Å²) in [4.78, 5) is 27.1. The van der Waals surface area contributed by atoms with Crippen molar-refractivity contribution in [3.05, 3.63) is 91.0 Å². The van der Waals surface area contributed by atoms with Crippen molar-refractivity contribution in [1.82, 2.24) is 0 Å². The van der Waals surface area contributed by atoms with E-state index in [1.807, 2.05) is 0 Å². The van der Waals surface area contributed by atoms with Gasteiger partial charge in [-0.05, 0) is 29.7 Å². The first-order valence-electron chi connectivity index (χ1n) is 13.3. The van der Waals surface area contributed by atoms with Gasteiger partial charge in [0.15, 0.2) is 0 Å². The number of alkyl halides is 15. The molecular formula is C30H20F15O3P. The van der Waals surface area contributed by atoms with E-state index in [4.69, 9.17) is 0 Å². The van der Waals surface area contributed by atoms with Crippen LogP contribution in [0.5, 0.6) is 0 Å². The SMILES string of the molecule is CCOC(=O)C(C(=O)C(F)(F)C(F)(F)C(F)(F)C(F)(F)C(F)(F)C(F)(F)C(F)(F)F)=P(c1ccccc1)(c1ccccc1)c1ccccc1. The molecule has 0 N–H and O–H groups in total. The summed E-state index contributed by atoms with van der Waals surface area (Å²) in [5.74, 6) is -55.4. The highest BCUT2D eigenvalue weighted by Crippen LogP contribution is 2.63. The normalized spacial score (nSPS) is 14.0. The number of esters is 1. The van der Waals surface area contributed by atoms with Crippen molar-refractivity contribution < 1.29 is 80.2 Å². The highest BCUT2D eigenvalue weighted by molar-refractivity contribution is 7.97. The molecule has 0 aliphatic rings. The van der Waals surface area contributed by atoms with Crippen LogP contribution in [0.15, 0.2) is 91.0 Å². The second-order valence-electron chi connectivity index (χ2n) is 10.0. The molecule has 0 spiro atoms. The molecule has 0 bridgehead atoms. The van der Waals surface area contributed by atoms with E-state index in [2.05, 4.69) is 4.74 Å². The molecule has 0 saturated carbocycles. The molecule has 0 atom stereocenters. The van der Waals surface area contributed by atoms with Gasteiger partial charge in [-0.2, -0.15) is 65.9 Å². The van der Waals surface area contributed by atoms with E-state index in [0.717, 1.165) is 43.3 Å². The lowest BCUT2D eigenvalue weighted by Gasteiger charge is -2.41. The van der Waals surface area contributed by atoms with Crippen LogP contribution in [0.25, 0.3) is 0 Å². The van der Waals surface area contributed by atoms with E-state index in [1.54, 1.807) is 0 Å². The summed E-state index contributed by atoms with van der Waals surface area (Å²) in [6.07, 6.45) is -7.79. The summed E-state index contributed by atoms with van der Waals surface area (Å²) < 4.78 is 216. The Morgan fingerprint density at radius 1 is 0.510 bits per heavy atom. The number of halogens is 15. The van der Waals surface area contributed by atoms with E-state index in [-0.39, 0.29) is 15.9 Å². The monoisotopic (exact) mass is 744 g/mol. The van der Waals surface area contributed by atoms with Crippen molar-refractivity contribution in [3.63, 3.8) is 0 Å². The second kappa shape index (κ2) is 13.1. The number of hydrogen-bond donors (Lipinski definition) is 0. The van der Waals surface area contributed by atoms with Crippen LogP contribution >= 0.6 is 6.89 Å². The molecule has 0 aliphatic carbocycles. The van der Waals surface area contributed by atoms with E-state index >= 15 is 17.6 Å². The van der Waals surface area contributed by atoms with E-state index in [0.29, 0.717) is 0 Å². The van der Waals surface area contributed by atoms with Crippen LogP contribution in [0.3, 0.4) is 0 Å². The van der Waals surface area contributed by atoms with Gasteiger partial charge in [-0.25, -0.2) is 4.79 Å². The summed E-state index contributed by atoms with van der Waals surface area (Å²) >= 11 is 0. The molecule has 268 valence electrons. The molecular weight excluding hydrogens is 724 g/mol. The Hall–Kier alpha value is -3.95. The largest absolute Gasteiger partial charge is 0.462 e.